The van der Waals surface area contributed by atoms with Crippen LogP contribution in [0.4, 0.5) is 4.79 Å². The van der Waals surface area contributed by atoms with Crippen molar-refractivity contribution in [1.82, 2.24) is 9.88 Å². The molecular weight excluding hydrogens is 332 g/mol. The topological polar surface area (TPSA) is 60.9 Å². The van der Waals surface area contributed by atoms with Crippen molar-refractivity contribution in [2.45, 2.75) is 57.7 Å². The van der Waals surface area contributed by atoms with Gasteiger partial charge in [-0.2, -0.15) is 0 Å². The number of carbonyl (C=O) groups is 1. The van der Waals surface area contributed by atoms with Gasteiger partial charge < -0.3 is 19.1 Å². The van der Waals surface area contributed by atoms with Gasteiger partial charge >= 0.3 is 6.09 Å². The highest BCUT2D eigenvalue weighted by atomic mass is 16.6. The van der Waals surface area contributed by atoms with Crippen LogP contribution < -0.4 is 0 Å². The molecule has 0 unspecified atom stereocenters. The highest BCUT2D eigenvalue weighted by molar-refractivity contribution is 5.68. The van der Waals surface area contributed by atoms with Gasteiger partial charge in [0.1, 0.15) is 5.60 Å². The van der Waals surface area contributed by atoms with Crippen LogP contribution in [-0.4, -0.2) is 55.0 Å². The summed E-state index contributed by atoms with van der Waals surface area (Å²) in [6, 6.07) is 2.06. The van der Waals surface area contributed by atoms with Crippen molar-refractivity contribution in [3.05, 3.63) is 29.1 Å². The molecule has 2 saturated heterocycles. The summed E-state index contributed by atoms with van der Waals surface area (Å²) < 4.78 is 16.7. The first kappa shape index (κ1) is 19.1. The maximum atomic E-state index is 12.3. The fourth-order valence-corrected chi connectivity index (χ4v) is 3.76. The SMILES string of the molecule is COC1(c2nccc(C)c2C2CCN(C(=O)OC(C)(C)C)CC2)COC1. The summed E-state index contributed by atoms with van der Waals surface area (Å²) >= 11 is 0. The molecule has 6 heteroatoms. The van der Waals surface area contributed by atoms with Crippen molar-refractivity contribution < 1.29 is 19.0 Å². The number of likely N-dealkylation sites (tertiary alicyclic amines) is 1. The summed E-state index contributed by atoms with van der Waals surface area (Å²) in [4.78, 5) is 18.8. The van der Waals surface area contributed by atoms with Gasteiger partial charge in [0.05, 0.1) is 18.9 Å². The van der Waals surface area contributed by atoms with Crippen LogP contribution in [0.1, 0.15) is 56.4 Å². The minimum absolute atomic E-state index is 0.222. The quantitative estimate of drug-likeness (QED) is 0.825. The Morgan fingerprint density at radius 1 is 1.31 bits per heavy atom. The van der Waals surface area contributed by atoms with E-state index < -0.39 is 11.2 Å². The monoisotopic (exact) mass is 362 g/mol. The summed E-state index contributed by atoms with van der Waals surface area (Å²) in [6.07, 6.45) is 3.43. The molecule has 1 aromatic rings. The smallest absolute Gasteiger partial charge is 0.410 e. The number of rotatable bonds is 3. The van der Waals surface area contributed by atoms with Crippen LogP contribution in [0, 0.1) is 6.92 Å². The molecule has 3 heterocycles. The zero-order valence-electron chi connectivity index (χ0n) is 16.5. The van der Waals surface area contributed by atoms with E-state index in [4.69, 9.17) is 14.2 Å². The van der Waals surface area contributed by atoms with Crippen molar-refractivity contribution in [1.29, 1.82) is 0 Å². The molecular formula is C20H30N2O4. The summed E-state index contributed by atoms with van der Waals surface area (Å²) in [5.41, 5.74) is 2.61. The minimum atomic E-state index is -0.462. The molecule has 144 valence electrons. The number of amides is 1. The molecule has 2 aliphatic rings. The molecule has 1 aromatic heterocycles. The van der Waals surface area contributed by atoms with Crippen molar-refractivity contribution in [3.8, 4) is 0 Å². The van der Waals surface area contributed by atoms with Crippen molar-refractivity contribution in [3.63, 3.8) is 0 Å². The van der Waals surface area contributed by atoms with Crippen molar-refractivity contribution in [2.24, 2.45) is 0 Å². The Kier molecular flexibility index (Phi) is 5.26. The molecule has 1 amide bonds. The zero-order valence-corrected chi connectivity index (χ0v) is 16.5. The number of ether oxygens (including phenoxy) is 3. The Morgan fingerprint density at radius 3 is 2.46 bits per heavy atom. The molecule has 3 rings (SSSR count). The number of piperidine rings is 1. The Balaban J connectivity index is 1.75. The van der Waals surface area contributed by atoms with Crippen LogP contribution >= 0.6 is 0 Å². The van der Waals surface area contributed by atoms with E-state index in [0.717, 1.165) is 18.5 Å². The van der Waals surface area contributed by atoms with Crippen LogP contribution in [-0.2, 0) is 19.8 Å². The van der Waals surface area contributed by atoms with Gasteiger partial charge in [0.25, 0.3) is 0 Å². The third-order valence-corrected chi connectivity index (χ3v) is 5.26. The molecule has 0 N–H and O–H groups in total. The van der Waals surface area contributed by atoms with E-state index in [0.29, 0.717) is 32.2 Å². The molecule has 0 spiro atoms. The molecule has 26 heavy (non-hydrogen) atoms. The number of pyridine rings is 1. The lowest BCUT2D eigenvalue weighted by atomic mass is 9.81. The van der Waals surface area contributed by atoms with Crippen LogP contribution in [0.25, 0.3) is 0 Å². The normalized spacial score (nSPS) is 20.6. The van der Waals surface area contributed by atoms with E-state index in [9.17, 15) is 4.79 Å². The molecule has 2 fully saturated rings. The number of hydrogen-bond donors (Lipinski definition) is 0. The predicted molar refractivity (Wildman–Crippen MR) is 98.3 cm³/mol. The summed E-state index contributed by atoms with van der Waals surface area (Å²) in [5, 5.41) is 0. The van der Waals surface area contributed by atoms with E-state index in [2.05, 4.69) is 18.0 Å². The number of aryl methyl sites for hydroxylation is 1. The van der Waals surface area contributed by atoms with Gasteiger partial charge in [0.15, 0.2) is 5.60 Å². The Bertz CT molecular complexity index is 651. The standard InChI is InChI=1S/C20H30N2O4/c1-14-6-9-21-17(20(24-5)12-25-13-20)16(14)15-7-10-22(11-8-15)18(23)26-19(2,3)4/h6,9,15H,7-8,10-13H2,1-5H3. The van der Waals surface area contributed by atoms with Crippen molar-refractivity contribution >= 4 is 6.09 Å². The van der Waals surface area contributed by atoms with E-state index in [1.54, 1.807) is 7.11 Å². The number of nitrogens with zero attached hydrogens (tertiary/aromatic N) is 2. The summed E-state index contributed by atoms with van der Waals surface area (Å²) in [6.45, 7) is 10.3. The molecule has 0 atom stereocenters. The maximum absolute atomic E-state index is 12.3. The average molecular weight is 362 g/mol. The first-order chi connectivity index (χ1) is 12.3. The second-order valence-corrected chi connectivity index (χ2v) is 8.32. The lowest BCUT2D eigenvalue weighted by Crippen LogP contribution is -2.50. The third-order valence-electron chi connectivity index (χ3n) is 5.26. The summed E-state index contributed by atoms with van der Waals surface area (Å²) in [7, 11) is 1.72. The zero-order chi connectivity index (χ0) is 18.9. The van der Waals surface area contributed by atoms with Gasteiger partial charge in [-0.25, -0.2) is 4.79 Å². The molecule has 0 saturated carbocycles. The first-order valence-corrected chi connectivity index (χ1v) is 9.32. The van der Waals surface area contributed by atoms with Gasteiger partial charge in [-0.05, 0) is 63.6 Å². The molecule has 6 nitrogen and oxygen atoms in total. The van der Waals surface area contributed by atoms with E-state index in [-0.39, 0.29) is 6.09 Å². The van der Waals surface area contributed by atoms with Gasteiger partial charge in [-0.1, -0.05) is 0 Å². The number of methoxy groups -OCH3 is 1. The largest absolute Gasteiger partial charge is 0.444 e. The Morgan fingerprint density at radius 2 is 1.96 bits per heavy atom. The van der Waals surface area contributed by atoms with Gasteiger partial charge in [0.2, 0.25) is 0 Å². The third kappa shape index (κ3) is 3.71. The van der Waals surface area contributed by atoms with Crippen LogP contribution in [0.3, 0.4) is 0 Å². The second-order valence-electron chi connectivity index (χ2n) is 8.32. The molecule has 0 aliphatic carbocycles. The van der Waals surface area contributed by atoms with Crippen LogP contribution in [0.5, 0.6) is 0 Å². The van der Waals surface area contributed by atoms with E-state index in [1.807, 2.05) is 31.9 Å². The van der Waals surface area contributed by atoms with E-state index >= 15 is 0 Å². The minimum Gasteiger partial charge on any atom is -0.444 e. The lowest BCUT2D eigenvalue weighted by Gasteiger charge is -2.42. The molecule has 0 radical (unpaired) electrons. The first-order valence-electron chi connectivity index (χ1n) is 9.32. The average Bonchev–Trinajstić information content (AvgIpc) is 2.53. The van der Waals surface area contributed by atoms with Crippen LogP contribution in [0.15, 0.2) is 12.3 Å². The van der Waals surface area contributed by atoms with Gasteiger partial charge in [-0.3, -0.25) is 4.98 Å². The lowest BCUT2D eigenvalue weighted by molar-refractivity contribution is -0.205. The number of aromatic nitrogens is 1. The second kappa shape index (κ2) is 7.16. The predicted octanol–water partition coefficient (Wildman–Crippen LogP) is 3.38. The highest BCUT2D eigenvalue weighted by Crippen LogP contribution is 2.40. The van der Waals surface area contributed by atoms with E-state index in [1.165, 1.54) is 11.1 Å². The molecule has 0 bridgehead atoms. The van der Waals surface area contributed by atoms with Crippen LogP contribution in [0.2, 0.25) is 0 Å². The van der Waals surface area contributed by atoms with Gasteiger partial charge in [0, 0.05) is 26.4 Å². The molecule has 0 aromatic carbocycles. The van der Waals surface area contributed by atoms with Gasteiger partial charge in [-0.15, -0.1) is 0 Å². The highest BCUT2D eigenvalue weighted by Gasteiger charge is 2.45. The number of carbonyl (C=O) groups excluding carboxylic acids is 1. The fourth-order valence-electron chi connectivity index (χ4n) is 3.76. The number of hydrogen-bond acceptors (Lipinski definition) is 5. The molecule has 2 aliphatic heterocycles. The maximum Gasteiger partial charge on any atom is 0.410 e. The Labute approximate surface area is 155 Å². The summed E-state index contributed by atoms with van der Waals surface area (Å²) in [5.74, 6) is 0.366. The van der Waals surface area contributed by atoms with Crippen molar-refractivity contribution in [2.75, 3.05) is 33.4 Å². The fraction of sp³-hybridized carbons (Fsp3) is 0.700. The Hall–Kier alpha value is -1.66.